The number of pyridine rings is 1. The van der Waals surface area contributed by atoms with Crippen LogP contribution in [0.3, 0.4) is 0 Å². The van der Waals surface area contributed by atoms with Gasteiger partial charge < -0.3 is 5.73 Å². The molecule has 0 aliphatic rings. The Morgan fingerprint density at radius 1 is 1.31 bits per heavy atom. The third kappa shape index (κ3) is 1.71. The highest BCUT2D eigenvalue weighted by Gasteiger charge is 2.02. The van der Waals surface area contributed by atoms with Crippen LogP contribution in [0.15, 0.2) is 24.3 Å². The van der Waals surface area contributed by atoms with Gasteiger partial charge >= 0.3 is 0 Å². The summed E-state index contributed by atoms with van der Waals surface area (Å²) in [5.74, 6) is 0.535. The molecule has 66 valence electrons. The second kappa shape index (κ2) is 3.31. The Hall–Kier alpha value is -0.550. The van der Waals surface area contributed by atoms with Gasteiger partial charge in [-0.1, -0.05) is 11.6 Å². The molecule has 0 saturated carbocycles. The summed E-state index contributed by atoms with van der Waals surface area (Å²) in [6.45, 7) is 0. The van der Waals surface area contributed by atoms with Crippen molar-refractivity contribution in [2.45, 2.75) is 0 Å². The van der Waals surface area contributed by atoms with Crippen LogP contribution in [0.25, 0.3) is 10.9 Å². The van der Waals surface area contributed by atoms with Crippen molar-refractivity contribution in [1.82, 2.24) is 4.98 Å². The predicted molar refractivity (Wildman–Crippen MR) is 63.9 cm³/mol. The zero-order chi connectivity index (χ0) is 9.42. The van der Waals surface area contributed by atoms with E-state index in [1.807, 2.05) is 18.2 Å². The lowest BCUT2D eigenvalue weighted by molar-refractivity contribution is 1.40. The van der Waals surface area contributed by atoms with E-state index in [1.54, 1.807) is 6.07 Å². The van der Waals surface area contributed by atoms with Gasteiger partial charge in [0.05, 0.1) is 5.52 Å². The Bertz CT molecular complexity index is 470. The normalized spacial score (nSPS) is 10.6. The first-order valence-electron chi connectivity index (χ1n) is 3.68. The van der Waals surface area contributed by atoms with Gasteiger partial charge in [-0.3, -0.25) is 0 Å². The van der Waals surface area contributed by atoms with Gasteiger partial charge in [0.1, 0.15) is 5.82 Å². The van der Waals surface area contributed by atoms with Gasteiger partial charge in [-0.15, -0.1) is 0 Å². The first kappa shape index (κ1) is 9.02. The van der Waals surface area contributed by atoms with E-state index in [9.17, 15) is 0 Å². The van der Waals surface area contributed by atoms with Crippen molar-refractivity contribution in [1.29, 1.82) is 0 Å². The first-order valence-corrected chi connectivity index (χ1v) is 5.14. The van der Waals surface area contributed by atoms with Gasteiger partial charge in [0.2, 0.25) is 0 Å². The molecule has 4 heteroatoms. The summed E-state index contributed by atoms with van der Waals surface area (Å²) in [4.78, 5) is 4.23. The van der Waals surface area contributed by atoms with E-state index in [1.165, 1.54) is 0 Å². The van der Waals surface area contributed by atoms with Crippen LogP contribution in [0, 0.1) is 3.57 Å². The smallest absolute Gasteiger partial charge is 0.124 e. The lowest BCUT2D eigenvalue weighted by Gasteiger charge is -2.01. The lowest BCUT2D eigenvalue weighted by atomic mass is 10.2. The van der Waals surface area contributed by atoms with Gasteiger partial charge in [-0.2, -0.15) is 0 Å². The highest BCUT2D eigenvalue weighted by molar-refractivity contribution is 14.1. The number of benzene rings is 1. The van der Waals surface area contributed by atoms with Gasteiger partial charge in [0.25, 0.3) is 0 Å². The molecule has 0 aliphatic heterocycles. The van der Waals surface area contributed by atoms with Crippen LogP contribution < -0.4 is 5.73 Å². The molecule has 0 saturated heterocycles. The fourth-order valence-electron chi connectivity index (χ4n) is 1.17. The second-order valence-electron chi connectivity index (χ2n) is 2.70. The molecule has 2 nitrogen and oxygen atoms in total. The maximum Gasteiger partial charge on any atom is 0.124 e. The molecule has 2 N–H and O–H groups in total. The number of nitrogens with zero attached hydrogens (tertiary/aromatic N) is 1. The minimum atomic E-state index is 0.535. The van der Waals surface area contributed by atoms with E-state index in [2.05, 4.69) is 27.6 Å². The third-order valence-corrected chi connectivity index (χ3v) is 2.77. The number of hydrogen-bond donors (Lipinski definition) is 1. The number of anilines is 1. The summed E-state index contributed by atoms with van der Waals surface area (Å²) in [7, 11) is 0. The molecule has 2 rings (SSSR count). The minimum Gasteiger partial charge on any atom is -0.384 e. The molecule has 0 unspecified atom stereocenters. The quantitative estimate of drug-likeness (QED) is 0.760. The van der Waals surface area contributed by atoms with Crippen molar-refractivity contribution in [3.63, 3.8) is 0 Å². The van der Waals surface area contributed by atoms with E-state index in [4.69, 9.17) is 17.3 Å². The molecule has 1 heterocycles. The summed E-state index contributed by atoms with van der Waals surface area (Å²) in [6, 6.07) is 7.45. The Morgan fingerprint density at radius 2 is 2.08 bits per heavy atom. The molecule has 0 aliphatic carbocycles. The van der Waals surface area contributed by atoms with Crippen molar-refractivity contribution in [3.05, 3.63) is 32.9 Å². The summed E-state index contributed by atoms with van der Waals surface area (Å²) < 4.78 is 1.02. The molecule has 2 aromatic rings. The topological polar surface area (TPSA) is 38.9 Å². The number of nitrogen functional groups attached to an aromatic ring is 1. The molecule has 0 radical (unpaired) electrons. The summed E-state index contributed by atoms with van der Waals surface area (Å²) in [6.07, 6.45) is 0. The van der Waals surface area contributed by atoms with E-state index < -0.39 is 0 Å². The Balaban J connectivity index is 2.87. The molecule has 13 heavy (non-hydrogen) atoms. The van der Waals surface area contributed by atoms with E-state index in [0.29, 0.717) is 5.82 Å². The van der Waals surface area contributed by atoms with E-state index in [0.717, 1.165) is 19.5 Å². The van der Waals surface area contributed by atoms with Crippen molar-refractivity contribution in [2.75, 3.05) is 5.73 Å². The third-order valence-electron chi connectivity index (χ3n) is 1.73. The molecule has 0 spiro atoms. The average molecular weight is 305 g/mol. The maximum atomic E-state index is 5.90. The van der Waals surface area contributed by atoms with E-state index >= 15 is 0 Å². The molecular formula is C9H6ClIN2. The van der Waals surface area contributed by atoms with Crippen LogP contribution in [0.2, 0.25) is 5.02 Å². The maximum absolute atomic E-state index is 5.90. The van der Waals surface area contributed by atoms with Gasteiger partial charge in [-0.25, -0.2) is 4.98 Å². The van der Waals surface area contributed by atoms with Crippen molar-refractivity contribution in [2.24, 2.45) is 0 Å². The molecular weight excluding hydrogens is 298 g/mol. The van der Waals surface area contributed by atoms with Crippen molar-refractivity contribution < 1.29 is 0 Å². The highest BCUT2D eigenvalue weighted by atomic mass is 127. The highest BCUT2D eigenvalue weighted by Crippen LogP contribution is 2.24. The van der Waals surface area contributed by atoms with Crippen LogP contribution in [-0.4, -0.2) is 4.98 Å². The Labute approximate surface area is 94.2 Å². The Kier molecular flexibility index (Phi) is 2.29. The number of hydrogen-bond acceptors (Lipinski definition) is 2. The van der Waals surface area contributed by atoms with Crippen LogP contribution in [-0.2, 0) is 0 Å². The number of aromatic nitrogens is 1. The SMILES string of the molecule is Nc1ccc2cc(Cl)cc(I)c2n1. The monoisotopic (exact) mass is 304 g/mol. The minimum absolute atomic E-state index is 0.535. The van der Waals surface area contributed by atoms with Gasteiger partial charge in [0.15, 0.2) is 0 Å². The summed E-state index contributed by atoms with van der Waals surface area (Å²) >= 11 is 8.10. The molecule has 0 bridgehead atoms. The fraction of sp³-hybridized carbons (Fsp3) is 0. The summed E-state index contributed by atoms with van der Waals surface area (Å²) in [5.41, 5.74) is 6.49. The van der Waals surface area contributed by atoms with Crippen molar-refractivity contribution >= 4 is 50.9 Å². The molecule has 1 aromatic carbocycles. The lowest BCUT2D eigenvalue weighted by Crippen LogP contribution is -1.91. The Morgan fingerprint density at radius 3 is 2.85 bits per heavy atom. The zero-order valence-electron chi connectivity index (χ0n) is 6.59. The molecule has 0 atom stereocenters. The zero-order valence-corrected chi connectivity index (χ0v) is 9.50. The second-order valence-corrected chi connectivity index (χ2v) is 4.29. The van der Waals surface area contributed by atoms with Crippen molar-refractivity contribution in [3.8, 4) is 0 Å². The average Bonchev–Trinajstić information content (AvgIpc) is 2.06. The summed E-state index contributed by atoms with van der Waals surface area (Å²) in [5, 5.41) is 1.74. The van der Waals surface area contributed by atoms with Gasteiger partial charge in [-0.05, 0) is 46.9 Å². The van der Waals surface area contributed by atoms with Crippen LogP contribution >= 0.6 is 34.2 Å². The van der Waals surface area contributed by atoms with Crippen LogP contribution in [0.5, 0.6) is 0 Å². The van der Waals surface area contributed by atoms with E-state index in [-0.39, 0.29) is 0 Å². The standard InChI is InChI=1S/C9H6ClIN2/c10-6-3-5-1-2-8(12)13-9(5)7(11)4-6/h1-4H,(H2,12,13). The predicted octanol–water partition coefficient (Wildman–Crippen LogP) is 3.08. The fourth-order valence-corrected chi connectivity index (χ4v) is 2.35. The molecule has 1 aromatic heterocycles. The number of halogens is 2. The number of rotatable bonds is 0. The largest absolute Gasteiger partial charge is 0.384 e. The van der Waals surface area contributed by atoms with Gasteiger partial charge in [0, 0.05) is 14.0 Å². The number of nitrogens with two attached hydrogens (primary N) is 1. The first-order chi connectivity index (χ1) is 6.16. The van der Waals surface area contributed by atoms with Crippen LogP contribution in [0.4, 0.5) is 5.82 Å². The number of fused-ring (bicyclic) bond motifs is 1. The van der Waals surface area contributed by atoms with Crippen LogP contribution in [0.1, 0.15) is 0 Å². The molecule has 0 fully saturated rings. The molecule has 0 amide bonds.